The second-order valence-corrected chi connectivity index (χ2v) is 7.55. The molecule has 0 bridgehead atoms. The fraction of sp³-hybridized carbons (Fsp3) is 0.357. The number of aromatic nitrogens is 2. The summed E-state index contributed by atoms with van der Waals surface area (Å²) in [5, 5.41) is 21.6. The Hall–Kier alpha value is -2.08. The molecular formula is C14H17ClFN5O4S. The van der Waals surface area contributed by atoms with E-state index >= 15 is 0 Å². The molecule has 0 aliphatic rings. The molecule has 4 N–H and O–H groups in total. The first-order chi connectivity index (χ1) is 12.3. The van der Waals surface area contributed by atoms with E-state index in [2.05, 4.69) is 19.9 Å². The average molecular weight is 406 g/mol. The zero-order valence-electron chi connectivity index (χ0n) is 13.5. The van der Waals surface area contributed by atoms with Gasteiger partial charge < -0.3 is 0 Å². The molecule has 1 aromatic heterocycles. The molecule has 0 aliphatic heterocycles. The monoisotopic (exact) mass is 405 g/mol. The van der Waals surface area contributed by atoms with Crippen molar-refractivity contribution >= 4 is 33.1 Å². The molecule has 0 aliphatic carbocycles. The van der Waals surface area contributed by atoms with Crippen molar-refractivity contribution in [2.45, 2.75) is 25.7 Å². The number of halogens is 2. The van der Waals surface area contributed by atoms with Crippen LogP contribution < -0.4 is 10.6 Å². The van der Waals surface area contributed by atoms with Crippen LogP contribution in [0, 0.1) is 5.82 Å². The number of amidine groups is 1. The zero-order valence-corrected chi connectivity index (χ0v) is 15.1. The smallest absolute Gasteiger partial charge is 0.209 e. The topological polar surface area (TPSA) is 144 Å². The van der Waals surface area contributed by atoms with E-state index in [1.54, 1.807) is 0 Å². The highest BCUT2D eigenvalue weighted by atomic mass is 35.5. The van der Waals surface area contributed by atoms with E-state index in [0.717, 1.165) is 6.07 Å². The van der Waals surface area contributed by atoms with Gasteiger partial charge in [0.2, 0.25) is 10.0 Å². The SMILES string of the molecule is NS(=O)(=O)CCCCCc1nonc1C(=Nc1ccc(F)c(Cl)c1)NO. The van der Waals surface area contributed by atoms with Gasteiger partial charge in [-0.1, -0.05) is 23.2 Å². The van der Waals surface area contributed by atoms with Crippen molar-refractivity contribution in [1.82, 2.24) is 15.8 Å². The van der Waals surface area contributed by atoms with Crippen molar-refractivity contribution < 1.29 is 22.6 Å². The number of hydroxylamine groups is 1. The number of nitrogens with two attached hydrogens (primary N) is 1. The Balaban J connectivity index is 2.06. The van der Waals surface area contributed by atoms with Crippen LogP contribution in [0.25, 0.3) is 0 Å². The van der Waals surface area contributed by atoms with Crippen molar-refractivity contribution in [3.63, 3.8) is 0 Å². The second-order valence-electron chi connectivity index (χ2n) is 5.41. The lowest BCUT2D eigenvalue weighted by molar-refractivity contribution is 0.234. The van der Waals surface area contributed by atoms with Gasteiger partial charge in [-0.15, -0.1) is 0 Å². The standard InChI is InChI=1S/C14H17ClFN5O4S/c15-10-8-9(5-6-11(10)16)18-14(19-22)13-12(20-25-21-13)4-2-1-3-7-26(17,23)24/h5-6,8,22H,1-4,7H2,(H,18,19)(H2,17,23,24). The number of primary sulfonamides is 1. The van der Waals surface area contributed by atoms with Crippen molar-refractivity contribution in [2.75, 3.05) is 5.75 Å². The maximum absolute atomic E-state index is 13.2. The van der Waals surface area contributed by atoms with Crippen molar-refractivity contribution in [3.05, 3.63) is 40.4 Å². The zero-order chi connectivity index (χ0) is 19.2. The van der Waals surface area contributed by atoms with Gasteiger partial charge in [-0.2, -0.15) is 0 Å². The lowest BCUT2D eigenvalue weighted by Crippen LogP contribution is -2.22. The third-order valence-corrected chi connectivity index (χ3v) is 4.52. The molecule has 0 unspecified atom stereocenters. The Morgan fingerprint density at radius 1 is 1.35 bits per heavy atom. The third-order valence-electron chi connectivity index (χ3n) is 3.37. The van der Waals surface area contributed by atoms with Crippen LogP contribution in [0.4, 0.5) is 10.1 Å². The number of benzene rings is 1. The summed E-state index contributed by atoms with van der Waals surface area (Å²) in [4.78, 5) is 4.10. The molecule has 0 spiro atoms. The Kier molecular flexibility index (Phi) is 7.03. The molecule has 9 nitrogen and oxygen atoms in total. The second kappa shape index (κ2) is 9.03. The predicted molar refractivity (Wildman–Crippen MR) is 92.4 cm³/mol. The Morgan fingerprint density at radius 3 is 2.77 bits per heavy atom. The van der Waals surface area contributed by atoms with E-state index < -0.39 is 15.8 Å². The maximum Gasteiger partial charge on any atom is 0.209 e. The van der Waals surface area contributed by atoms with E-state index in [1.807, 2.05) is 5.48 Å². The number of nitrogens with zero attached hydrogens (tertiary/aromatic N) is 3. The molecule has 0 saturated heterocycles. The van der Waals surface area contributed by atoms with Gasteiger partial charge in [-0.05, 0) is 42.6 Å². The van der Waals surface area contributed by atoms with Crippen molar-refractivity contribution in [3.8, 4) is 0 Å². The molecule has 26 heavy (non-hydrogen) atoms. The number of aliphatic imine (C=N–C) groups is 1. The summed E-state index contributed by atoms with van der Waals surface area (Å²) in [7, 11) is -3.47. The molecule has 0 fully saturated rings. The Bertz CT molecular complexity index is 887. The van der Waals surface area contributed by atoms with Gasteiger partial charge >= 0.3 is 0 Å². The van der Waals surface area contributed by atoms with Gasteiger partial charge in [-0.25, -0.2) is 27.6 Å². The first kappa shape index (κ1) is 20.2. The van der Waals surface area contributed by atoms with Crippen LogP contribution in [0.5, 0.6) is 0 Å². The minimum Gasteiger partial charge on any atom is -0.290 e. The Labute approximate surface area is 154 Å². The summed E-state index contributed by atoms with van der Waals surface area (Å²) in [6.07, 6.45) is 2.06. The molecule has 0 amide bonds. The molecule has 2 aromatic rings. The minimum absolute atomic E-state index is 0.0477. The first-order valence-electron chi connectivity index (χ1n) is 7.56. The quantitative estimate of drug-likeness (QED) is 0.263. The van der Waals surface area contributed by atoms with Crippen molar-refractivity contribution in [1.29, 1.82) is 0 Å². The van der Waals surface area contributed by atoms with Crippen LogP contribution in [-0.2, 0) is 16.4 Å². The van der Waals surface area contributed by atoms with Crippen LogP contribution in [0.2, 0.25) is 5.02 Å². The van der Waals surface area contributed by atoms with Crippen LogP contribution in [0.15, 0.2) is 27.8 Å². The highest BCUT2D eigenvalue weighted by molar-refractivity contribution is 7.89. The normalized spacial score (nSPS) is 12.4. The third kappa shape index (κ3) is 6.02. The van der Waals surface area contributed by atoms with Crippen LogP contribution in [0.1, 0.15) is 30.7 Å². The average Bonchev–Trinajstić information content (AvgIpc) is 3.03. The number of aryl methyl sites for hydroxylation is 1. The van der Waals surface area contributed by atoms with Gasteiger partial charge in [-0.3, -0.25) is 10.7 Å². The van der Waals surface area contributed by atoms with Gasteiger partial charge in [0.05, 0.1) is 16.5 Å². The van der Waals surface area contributed by atoms with E-state index in [0.29, 0.717) is 31.4 Å². The minimum atomic E-state index is -3.47. The molecular weight excluding hydrogens is 389 g/mol. The summed E-state index contributed by atoms with van der Waals surface area (Å²) < 4.78 is 39.6. The lowest BCUT2D eigenvalue weighted by atomic mass is 10.1. The number of sulfonamides is 1. The largest absolute Gasteiger partial charge is 0.290 e. The van der Waals surface area contributed by atoms with Crippen molar-refractivity contribution in [2.24, 2.45) is 10.1 Å². The number of nitrogens with one attached hydrogen (secondary N) is 1. The molecule has 0 radical (unpaired) electrons. The molecule has 1 heterocycles. The first-order valence-corrected chi connectivity index (χ1v) is 9.65. The summed E-state index contributed by atoms with van der Waals surface area (Å²) in [5.41, 5.74) is 2.80. The van der Waals surface area contributed by atoms with Crippen LogP contribution in [-0.4, -0.2) is 35.5 Å². The van der Waals surface area contributed by atoms with Gasteiger partial charge in [0.1, 0.15) is 11.5 Å². The summed E-state index contributed by atoms with van der Waals surface area (Å²) >= 11 is 5.70. The van der Waals surface area contributed by atoms with E-state index in [-0.39, 0.29) is 28.0 Å². The molecule has 0 atom stereocenters. The number of hydrogen-bond acceptors (Lipinski definition) is 7. The van der Waals surface area contributed by atoms with Crippen LogP contribution in [0.3, 0.4) is 0 Å². The molecule has 2 rings (SSSR count). The fourth-order valence-corrected chi connectivity index (χ4v) is 2.92. The van der Waals surface area contributed by atoms with Crippen LogP contribution >= 0.6 is 11.6 Å². The highest BCUT2D eigenvalue weighted by Gasteiger charge is 2.16. The van der Waals surface area contributed by atoms with Gasteiger partial charge in [0.25, 0.3) is 0 Å². The summed E-state index contributed by atoms with van der Waals surface area (Å²) in [6, 6.07) is 3.80. The maximum atomic E-state index is 13.2. The van der Waals surface area contributed by atoms with E-state index in [9.17, 15) is 18.0 Å². The van der Waals surface area contributed by atoms with E-state index in [1.165, 1.54) is 12.1 Å². The predicted octanol–water partition coefficient (Wildman–Crippen LogP) is 1.92. The highest BCUT2D eigenvalue weighted by Crippen LogP contribution is 2.22. The molecule has 1 aromatic carbocycles. The molecule has 142 valence electrons. The van der Waals surface area contributed by atoms with E-state index in [4.69, 9.17) is 16.7 Å². The lowest BCUT2D eigenvalue weighted by Gasteiger charge is -2.04. The summed E-state index contributed by atoms with van der Waals surface area (Å²) in [6.45, 7) is 0. The molecule has 0 saturated carbocycles. The Morgan fingerprint density at radius 2 is 2.12 bits per heavy atom. The number of unbranched alkanes of at least 4 members (excludes halogenated alkanes) is 2. The van der Waals surface area contributed by atoms with Gasteiger partial charge in [0, 0.05) is 0 Å². The van der Waals surface area contributed by atoms with Gasteiger partial charge in [0.15, 0.2) is 11.5 Å². The summed E-state index contributed by atoms with van der Waals surface area (Å²) in [5.74, 6) is -0.728. The number of rotatable bonds is 8. The molecule has 12 heteroatoms. The number of hydrogen-bond donors (Lipinski definition) is 3. The fourth-order valence-electron chi connectivity index (χ4n) is 2.14.